The van der Waals surface area contributed by atoms with Crippen LogP contribution in [0.5, 0.6) is 0 Å². The van der Waals surface area contributed by atoms with Crippen molar-refractivity contribution in [3.8, 4) is 0 Å². The summed E-state index contributed by atoms with van der Waals surface area (Å²) in [6.45, 7) is 1.78. The van der Waals surface area contributed by atoms with E-state index in [1.807, 2.05) is 29.2 Å². The Kier molecular flexibility index (Phi) is 2.65. The van der Waals surface area contributed by atoms with Crippen molar-refractivity contribution in [1.82, 2.24) is 10.2 Å². The molecule has 3 N–H and O–H groups in total. The molecule has 3 rings (SSSR count). The Hall–Kier alpha value is -1.71. The van der Waals surface area contributed by atoms with Gasteiger partial charge in [-0.2, -0.15) is 0 Å². The van der Waals surface area contributed by atoms with Gasteiger partial charge in [0.15, 0.2) is 0 Å². The molecule has 1 aromatic carbocycles. The Morgan fingerprint density at radius 1 is 1.28 bits per heavy atom. The summed E-state index contributed by atoms with van der Waals surface area (Å²) < 4.78 is 0. The van der Waals surface area contributed by atoms with Gasteiger partial charge in [0.2, 0.25) is 0 Å². The normalized spacial score (nSPS) is 20.8. The highest BCUT2D eigenvalue weighted by atomic mass is 16.2. The van der Waals surface area contributed by atoms with E-state index in [0.717, 1.165) is 50.0 Å². The molecule has 0 spiro atoms. The summed E-state index contributed by atoms with van der Waals surface area (Å²) in [6, 6.07) is 7.92. The van der Waals surface area contributed by atoms with Gasteiger partial charge in [0, 0.05) is 18.8 Å². The largest absolute Gasteiger partial charge is 0.399 e. The number of benzene rings is 1. The molecule has 1 saturated heterocycles. The van der Waals surface area contributed by atoms with Crippen LogP contribution < -0.4 is 11.1 Å². The van der Waals surface area contributed by atoms with Crippen molar-refractivity contribution in [2.75, 3.05) is 18.8 Å². The summed E-state index contributed by atoms with van der Waals surface area (Å²) in [7, 11) is 0. The Morgan fingerprint density at radius 2 is 2.00 bits per heavy atom. The minimum atomic E-state index is -0.158. The van der Waals surface area contributed by atoms with Crippen molar-refractivity contribution in [3.63, 3.8) is 0 Å². The number of amides is 2. The van der Waals surface area contributed by atoms with Crippen LogP contribution in [0.4, 0.5) is 10.5 Å². The summed E-state index contributed by atoms with van der Waals surface area (Å²) in [4.78, 5) is 14.1. The zero-order valence-corrected chi connectivity index (χ0v) is 10.5. The van der Waals surface area contributed by atoms with Gasteiger partial charge in [0.05, 0.1) is 5.54 Å². The molecular formula is C14H19N3O. The summed E-state index contributed by atoms with van der Waals surface area (Å²) in [5.74, 6) is 0. The van der Waals surface area contributed by atoms with Gasteiger partial charge in [-0.05, 0) is 43.4 Å². The molecule has 4 nitrogen and oxygen atoms in total. The van der Waals surface area contributed by atoms with Crippen molar-refractivity contribution in [1.29, 1.82) is 0 Å². The molecule has 4 heteroatoms. The zero-order chi connectivity index (χ0) is 12.6. The lowest BCUT2D eigenvalue weighted by Gasteiger charge is -2.23. The summed E-state index contributed by atoms with van der Waals surface area (Å²) >= 11 is 0. The second-order valence-corrected chi connectivity index (χ2v) is 5.33. The standard InChI is InChI=1S/C14H19N3O/c15-12-5-3-4-11(10-12)14(6-7-14)16-13(18)17-8-1-2-9-17/h3-5,10H,1-2,6-9,15H2,(H,16,18). The third-order valence-corrected chi connectivity index (χ3v) is 3.93. The molecule has 1 saturated carbocycles. The highest BCUT2D eigenvalue weighted by Gasteiger charge is 2.46. The van der Waals surface area contributed by atoms with Crippen LogP contribution in [0, 0.1) is 0 Å². The second-order valence-electron chi connectivity index (χ2n) is 5.33. The van der Waals surface area contributed by atoms with E-state index in [1.165, 1.54) is 0 Å². The minimum absolute atomic E-state index is 0.0763. The fraction of sp³-hybridized carbons (Fsp3) is 0.500. The number of nitrogens with one attached hydrogen (secondary N) is 1. The monoisotopic (exact) mass is 245 g/mol. The van der Waals surface area contributed by atoms with Gasteiger partial charge in [-0.3, -0.25) is 0 Å². The van der Waals surface area contributed by atoms with Gasteiger partial charge in [-0.25, -0.2) is 4.79 Å². The van der Waals surface area contributed by atoms with Crippen molar-refractivity contribution in [2.45, 2.75) is 31.2 Å². The number of hydrogen-bond donors (Lipinski definition) is 2. The van der Waals surface area contributed by atoms with E-state index in [-0.39, 0.29) is 11.6 Å². The number of rotatable bonds is 2. The Labute approximate surface area is 107 Å². The zero-order valence-electron chi connectivity index (χ0n) is 10.5. The highest BCUT2D eigenvalue weighted by molar-refractivity contribution is 5.76. The topological polar surface area (TPSA) is 58.4 Å². The lowest BCUT2D eigenvalue weighted by molar-refractivity contribution is 0.203. The summed E-state index contributed by atoms with van der Waals surface area (Å²) in [6.07, 6.45) is 4.27. The Bertz CT molecular complexity index is 462. The van der Waals surface area contributed by atoms with Gasteiger partial charge in [0.1, 0.15) is 0 Å². The van der Waals surface area contributed by atoms with Crippen LogP contribution in [0.3, 0.4) is 0 Å². The second kappa shape index (κ2) is 4.19. The molecule has 1 aliphatic carbocycles. The molecule has 0 bridgehead atoms. The smallest absolute Gasteiger partial charge is 0.318 e. The number of hydrogen-bond acceptors (Lipinski definition) is 2. The number of carbonyl (C=O) groups is 1. The highest BCUT2D eigenvalue weighted by Crippen LogP contribution is 2.46. The number of anilines is 1. The molecule has 18 heavy (non-hydrogen) atoms. The first-order valence-corrected chi connectivity index (χ1v) is 6.63. The summed E-state index contributed by atoms with van der Waals surface area (Å²) in [5, 5.41) is 3.18. The average molecular weight is 245 g/mol. The fourth-order valence-corrected chi connectivity index (χ4v) is 2.65. The Morgan fingerprint density at radius 3 is 2.61 bits per heavy atom. The van der Waals surface area contributed by atoms with E-state index in [4.69, 9.17) is 5.73 Å². The van der Waals surface area contributed by atoms with Gasteiger partial charge >= 0.3 is 6.03 Å². The van der Waals surface area contributed by atoms with E-state index in [0.29, 0.717) is 0 Å². The number of likely N-dealkylation sites (tertiary alicyclic amines) is 1. The number of nitrogens with two attached hydrogens (primary N) is 1. The van der Waals surface area contributed by atoms with E-state index in [1.54, 1.807) is 0 Å². The van der Waals surface area contributed by atoms with Crippen LogP contribution in [0.15, 0.2) is 24.3 Å². The van der Waals surface area contributed by atoms with Crippen LogP contribution in [0.25, 0.3) is 0 Å². The number of carbonyl (C=O) groups excluding carboxylic acids is 1. The number of nitrogen functional groups attached to an aromatic ring is 1. The molecule has 0 aromatic heterocycles. The molecule has 1 aliphatic heterocycles. The van der Waals surface area contributed by atoms with Crippen molar-refractivity contribution in [2.24, 2.45) is 0 Å². The van der Waals surface area contributed by atoms with Crippen LogP contribution in [0.1, 0.15) is 31.2 Å². The van der Waals surface area contributed by atoms with E-state index in [9.17, 15) is 4.79 Å². The molecule has 0 unspecified atom stereocenters. The SMILES string of the molecule is Nc1cccc(C2(NC(=O)N3CCCC3)CC2)c1. The number of urea groups is 1. The van der Waals surface area contributed by atoms with Gasteiger partial charge < -0.3 is 16.0 Å². The minimum Gasteiger partial charge on any atom is -0.399 e. The molecule has 1 heterocycles. The van der Waals surface area contributed by atoms with Crippen molar-refractivity contribution < 1.29 is 4.79 Å². The maximum atomic E-state index is 12.1. The van der Waals surface area contributed by atoms with E-state index >= 15 is 0 Å². The molecule has 0 radical (unpaired) electrons. The predicted octanol–water partition coefficient (Wildman–Crippen LogP) is 2.06. The van der Waals surface area contributed by atoms with Crippen LogP contribution in [0.2, 0.25) is 0 Å². The van der Waals surface area contributed by atoms with Gasteiger partial charge in [-0.15, -0.1) is 0 Å². The quantitative estimate of drug-likeness (QED) is 0.784. The van der Waals surface area contributed by atoms with Crippen LogP contribution >= 0.6 is 0 Å². The predicted molar refractivity (Wildman–Crippen MR) is 71.1 cm³/mol. The molecule has 2 aliphatic rings. The first-order chi connectivity index (χ1) is 8.70. The lowest BCUT2D eigenvalue weighted by atomic mass is 10.0. The van der Waals surface area contributed by atoms with Crippen molar-refractivity contribution in [3.05, 3.63) is 29.8 Å². The maximum absolute atomic E-state index is 12.1. The van der Waals surface area contributed by atoms with Crippen molar-refractivity contribution >= 4 is 11.7 Å². The van der Waals surface area contributed by atoms with E-state index < -0.39 is 0 Å². The molecular weight excluding hydrogens is 226 g/mol. The average Bonchev–Trinajstić information content (AvgIpc) is 2.93. The number of nitrogens with zero attached hydrogens (tertiary/aromatic N) is 1. The van der Waals surface area contributed by atoms with Gasteiger partial charge in [0.25, 0.3) is 0 Å². The molecule has 2 fully saturated rings. The summed E-state index contributed by atoms with van der Waals surface area (Å²) in [5.41, 5.74) is 7.55. The lowest BCUT2D eigenvalue weighted by Crippen LogP contribution is -2.43. The molecule has 1 aromatic rings. The third kappa shape index (κ3) is 2.03. The third-order valence-electron chi connectivity index (χ3n) is 3.93. The molecule has 0 atom stereocenters. The van der Waals surface area contributed by atoms with Crippen LogP contribution in [-0.4, -0.2) is 24.0 Å². The fourth-order valence-electron chi connectivity index (χ4n) is 2.65. The van der Waals surface area contributed by atoms with Gasteiger partial charge in [-0.1, -0.05) is 12.1 Å². The van der Waals surface area contributed by atoms with Crippen LogP contribution in [-0.2, 0) is 5.54 Å². The first-order valence-electron chi connectivity index (χ1n) is 6.63. The first kappa shape index (κ1) is 11.4. The molecule has 96 valence electrons. The maximum Gasteiger partial charge on any atom is 0.318 e. The Balaban J connectivity index is 1.73. The molecule has 2 amide bonds. The van der Waals surface area contributed by atoms with E-state index in [2.05, 4.69) is 5.32 Å².